The van der Waals surface area contributed by atoms with Gasteiger partial charge in [0.25, 0.3) is 5.91 Å². The number of benzene rings is 1. The van der Waals surface area contributed by atoms with Gasteiger partial charge in [-0.15, -0.1) is 0 Å². The van der Waals surface area contributed by atoms with Crippen molar-refractivity contribution in [3.63, 3.8) is 0 Å². The van der Waals surface area contributed by atoms with Gasteiger partial charge in [-0.05, 0) is 19.1 Å². The Kier molecular flexibility index (Phi) is 3.79. The van der Waals surface area contributed by atoms with Crippen LogP contribution < -0.4 is 10.1 Å². The topological polar surface area (TPSA) is 67.0 Å². The van der Waals surface area contributed by atoms with Crippen LogP contribution in [0.5, 0.6) is 5.75 Å². The number of hydrogen-bond donors (Lipinski definition) is 2. The molecule has 2 aromatic rings. The highest BCUT2D eigenvalue weighted by molar-refractivity contribution is 5.94. The molecular formula is C13H14FN3O2. The van der Waals surface area contributed by atoms with Crippen LogP contribution in [0.15, 0.2) is 30.6 Å². The number of aromatic nitrogens is 2. The number of carbonyl (C=O) groups excluding carboxylic acids is 1. The van der Waals surface area contributed by atoms with Crippen molar-refractivity contribution < 1.29 is 13.9 Å². The van der Waals surface area contributed by atoms with Crippen LogP contribution >= 0.6 is 0 Å². The first kappa shape index (κ1) is 13.1. The average Bonchev–Trinajstić information content (AvgIpc) is 2.92. The van der Waals surface area contributed by atoms with Crippen LogP contribution in [0, 0.1) is 5.82 Å². The molecular weight excluding hydrogens is 249 g/mol. The molecule has 0 radical (unpaired) electrons. The van der Waals surface area contributed by atoms with Gasteiger partial charge in [0.05, 0.1) is 18.7 Å². The Hall–Kier alpha value is -2.37. The first-order valence-electron chi connectivity index (χ1n) is 5.75. The Morgan fingerprint density at radius 1 is 1.53 bits per heavy atom. The summed E-state index contributed by atoms with van der Waals surface area (Å²) in [6.07, 6.45) is 3.25. The van der Waals surface area contributed by atoms with Crippen molar-refractivity contribution in [1.29, 1.82) is 0 Å². The summed E-state index contributed by atoms with van der Waals surface area (Å²) in [5, 5.41) is 2.66. The highest BCUT2D eigenvalue weighted by atomic mass is 19.1. The molecule has 1 unspecified atom stereocenters. The Labute approximate surface area is 109 Å². The fourth-order valence-electron chi connectivity index (χ4n) is 1.66. The minimum atomic E-state index is -0.622. The van der Waals surface area contributed by atoms with Gasteiger partial charge in [-0.2, -0.15) is 0 Å². The van der Waals surface area contributed by atoms with Crippen LogP contribution in [0.2, 0.25) is 0 Å². The molecule has 1 aromatic carbocycles. The third-order valence-corrected chi connectivity index (χ3v) is 2.70. The molecule has 100 valence electrons. The molecule has 2 rings (SSSR count). The van der Waals surface area contributed by atoms with Crippen molar-refractivity contribution in [3.8, 4) is 5.75 Å². The summed E-state index contributed by atoms with van der Waals surface area (Å²) < 4.78 is 18.6. The Morgan fingerprint density at radius 2 is 2.32 bits per heavy atom. The van der Waals surface area contributed by atoms with Crippen LogP contribution in [-0.2, 0) is 0 Å². The number of rotatable bonds is 4. The Morgan fingerprint density at radius 3 is 2.89 bits per heavy atom. The quantitative estimate of drug-likeness (QED) is 0.887. The zero-order chi connectivity index (χ0) is 13.8. The van der Waals surface area contributed by atoms with E-state index in [1.807, 2.05) is 0 Å². The monoisotopic (exact) mass is 263 g/mol. The lowest BCUT2D eigenvalue weighted by molar-refractivity contribution is 0.0934. The van der Waals surface area contributed by atoms with Gasteiger partial charge in [0.15, 0.2) is 0 Å². The number of ether oxygens (including phenoxy) is 1. The molecule has 2 N–H and O–H groups in total. The number of hydrogen-bond acceptors (Lipinski definition) is 3. The van der Waals surface area contributed by atoms with Gasteiger partial charge in [-0.1, -0.05) is 0 Å². The van der Waals surface area contributed by atoms with E-state index >= 15 is 0 Å². The number of H-pyrrole nitrogens is 1. The second-order valence-electron chi connectivity index (χ2n) is 4.02. The van der Waals surface area contributed by atoms with Gasteiger partial charge in [0.1, 0.15) is 17.4 Å². The number of methoxy groups -OCH3 is 1. The lowest BCUT2D eigenvalue weighted by Gasteiger charge is -2.12. The minimum Gasteiger partial charge on any atom is -0.497 e. The second-order valence-corrected chi connectivity index (χ2v) is 4.02. The van der Waals surface area contributed by atoms with E-state index in [0.717, 1.165) is 0 Å². The van der Waals surface area contributed by atoms with Crippen molar-refractivity contribution in [3.05, 3.63) is 47.8 Å². The third-order valence-electron chi connectivity index (χ3n) is 2.70. The SMILES string of the molecule is COc1ccc(C(=O)NC(C)c2ncc[nH]2)c(F)c1. The molecule has 0 aliphatic heterocycles. The van der Waals surface area contributed by atoms with Gasteiger partial charge in [-0.25, -0.2) is 9.37 Å². The van der Waals surface area contributed by atoms with Gasteiger partial charge >= 0.3 is 0 Å². The van der Waals surface area contributed by atoms with E-state index in [2.05, 4.69) is 15.3 Å². The molecule has 1 aromatic heterocycles. The number of halogens is 1. The van der Waals surface area contributed by atoms with Gasteiger partial charge in [-0.3, -0.25) is 4.79 Å². The standard InChI is InChI=1S/C13H14FN3O2/c1-8(12-15-5-6-16-12)17-13(18)10-4-3-9(19-2)7-11(10)14/h3-8H,1-2H3,(H,15,16)(H,17,18). The average molecular weight is 263 g/mol. The molecule has 0 bridgehead atoms. The summed E-state index contributed by atoms with van der Waals surface area (Å²) in [5.74, 6) is -0.136. The fraction of sp³-hybridized carbons (Fsp3) is 0.231. The van der Waals surface area contributed by atoms with E-state index in [-0.39, 0.29) is 11.6 Å². The maximum absolute atomic E-state index is 13.7. The molecule has 5 nitrogen and oxygen atoms in total. The molecule has 1 heterocycles. The second kappa shape index (κ2) is 5.51. The largest absolute Gasteiger partial charge is 0.497 e. The molecule has 1 amide bonds. The summed E-state index contributed by atoms with van der Waals surface area (Å²) in [5.41, 5.74) is -0.0285. The molecule has 0 saturated carbocycles. The van der Waals surface area contributed by atoms with Crippen LogP contribution in [0.3, 0.4) is 0 Å². The predicted octanol–water partition coefficient (Wildman–Crippen LogP) is 2.05. The fourth-order valence-corrected chi connectivity index (χ4v) is 1.66. The Balaban J connectivity index is 2.12. The maximum Gasteiger partial charge on any atom is 0.254 e. The van der Waals surface area contributed by atoms with Crippen molar-refractivity contribution in [2.45, 2.75) is 13.0 Å². The molecule has 6 heteroatoms. The first-order valence-corrected chi connectivity index (χ1v) is 5.75. The van der Waals surface area contributed by atoms with Crippen LogP contribution in [0.25, 0.3) is 0 Å². The van der Waals surface area contributed by atoms with E-state index < -0.39 is 11.7 Å². The molecule has 19 heavy (non-hydrogen) atoms. The predicted molar refractivity (Wildman–Crippen MR) is 67.4 cm³/mol. The molecule has 0 aliphatic rings. The maximum atomic E-state index is 13.7. The normalized spacial score (nSPS) is 11.9. The van der Waals surface area contributed by atoms with E-state index in [0.29, 0.717) is 11.6 Å². The van der Waals surface area contributed by atoms with Crippen molar-refractivity contribution in [1.82, 2.24) is 15.3 Å². The number of aromatic amines is 1. The van der Waals surface area contributed by atoms with Crippen molar-refractivity contribution in [2.24, 2.45) is 0 Å². The minimum absolute atomic E-state index is 0.0285. The van der Waals surface area contributed by atoms with Gasteiger partial charge < -0.3 is 15.0 Å². The summed E-state index contributed by atoms with van der Waals surface area (Å²) in [7, 11) is 1.44. The number of nitrogens with zero attached hydrogens (tertiary/aromatic N) is 1. The highest BCUT2D eigenvalue weighted by Gasteiger charge is 2.16. The summed E-state index contributed by atoms with van der Waals surface area (Å²) >= 11 is 0. The van der Waals surface area contributed by atoms with Crippen LogP contribution in [0.1, 0.15) is 29.1 Å². The third kappa shape index (κ3) is 2.90. The number of imidazole rings is 1. The Bertz CT molecular complexity index is 569. The number of nitrogens with one attached hydrogen (secondary N) is 2. The van der Waals surface area contributed by atoms with E-state index in [4.69, 9.17) is 4.74 Å². The van der Waals surface area contributed by atoms with Crippen LogP contribution in [0.4, 0.5) is 4.39 Å². The van der Waals surface area contributed by atoms with Crippen LogP contribution in [-0.4, -0.2) is 23.0 Å². The zero-order valence-electron chi connectivity index (χ0n) is 10.6. The lowest BCUT2D eigenvalue weighted by atomic mass is 10.1. The number of carbonyl (C=O) groups is 1. The summed E-state index contributed by atoms with van der Waals surface area (Å²) in [6, 6.07) is 3.77. The molecule has 1 atom stereocenters. The molecule has 0 aliphatic carbocycles. The molecule has 0 fully saturated rings. The van der Waals surface area contributed by atoms with E-state index in [9.17, 15) is 9.18 Å². The summed E-state index contributed by atoms with van der Waals surface area (Å²) in [6.45, 7) is 1.76. The number of amides is 1. The summed E-state index contributed by atoms with van der Waals surface area (Å²) in [4.78, 5) is 18.9. The van der Waals surface area contributed by atoms with Gasteiger partial charge in [0, 0.05) is 18.5 Å². The lowest BCUT2D eigenvalue weighted by Crippen LogP contribution is -2.28. The van der Waals surface area contributed by atoms with Gasteiger partial charge in [0.2, 0.25) is 0 Å². The van der Waals surface area contributed by atoms with E-state index in [1.165, 1.54) is 25.3 Å². The first-order chi connectivity index (χ1) is 9.11. The smallest absolute Gasteiger partial charge is 0.254 e. The molecule has 0 spiro atoms. The van der Waals surface area contributed by atoms with E-state index in [1.54, 1.807) is 19.3 Å². The van der Waals surface area contributed by atoms with Crippen molar-refractivity contribution >= 4 is 5.91 Å². The highest BCUT2D eigenvalue weighted by Crippen LogP contribution is 2.17. The zero-order valence-corrected chi connectivity index (χ0v) is 10.6. The van der Waals surface area contributed by atoms with Crippen molar-refractivity contribution in [2.75, 3.05) is 7.11 Å². The molecule has 0 saturated heterocycles.